The molecule has 4 nitrogen and oxygen atoms in total. The molecule has 0 aliphatic heterocycles. The summed E-state index contributed by atoms with van der Waals surface area (Å²) in [4.78, 5) is 0. The second-order valence-electron chi connectivity index (χ2n) is 5.71. The van der Waals surface area contributed by atoms with Crippen LogP contribution < -0.4 is 0 Å². The maximum Gasteiger partial charge on any atom is 0.416 e. The van der Waals surface area contributed by atoms with Crippen LogP contribution in [0.1, 0.15) is 28.7 Å². The third kappa shape index (κ3) is 3.88. The number of alkyl halides is 3. The fourth-order valence-electron chi connectivity index (χ4n) is 2.55. The van der Waals surface area contributed by atoms with Gasteiger partial charge in [0.2, 0.25) is 12.3 Å². The lowest BCUT2D eigenvalue weighted by Crippen LogP contribution is -2.05. The molecule has 7 heteroatoms. The average molecular weight is 348 g/mol. The summed E-state index contributed by atoms with van der Waals surface area (Å²) in [5, 5.41) is 17.4. The molecule has 1 N–H and O–H groups in total. The van der Waals surface area contributed by atoms with E-state index in [-0.39, 0.29) is 12.3 Å². The number of nitrogens with zero attached hydrogens (tertiary/aromatic N) is 2. The fraction of sp³-hybridized carbons (Fsp3) is 0.222. The van der Waals surface area contributed by atoms with Crippen LogP contribution in [0.4, 0.5) is 13.2 Å². The molecule has 25 heavy (non-hydrogen) atoms. The molecule has 1 aromatic heterocycles. The zero-order valence-electron chi connectivity index (χ0n) is 13.3. The van der Waals surface area contributed by atoms with Crippen molar-refractivity contribution in [2.75, 3.05) is 0 Å². The molecule has 1 unspecified atom stereocenters. The van der Waals surface area contributed by atoms with Gasteiger partial charge in [0, 0.05) is 6.42 Å². The van der Waals surface area contributed by atoms with E-state index in [2.05, 4.69) is 10.2 Å². The summed E-state index contributed by atoms with van der Waals surface area (Å²) < 4.78 is 43.0. The number of aliphatic hydroxyl groups excluding tert-OH is 1. The molecule has 3 rings (SSSR count). The van der Waals surface area contributed by atoms with Crippen molar-refractivity contribution in [2.24, 2.45) is 0 Å². The first-order valence-electron chi connectivity index (χ1n) is 7.56. The summed E-state index contributed by atoms with van der Waals surface area (Å²) in [5.74, 6) is 0.124. The van der Waals surface area contributed by atoms with Gasteiger partial charge in [-0.2, -0.15) is 13.2 Å². The summed E-state index contributed by atoms with van der Waals surface area (Å²) in [6, 6.07) is 10.5. The Morgan fingerprint density at radius 1 is 1.08 bits per heavy atom. The van der Waals surface area contributed by atoms with E-state index >= 15 is 0 Å². The van der Waals surface area contributed by atoms with E-state index in [0.29, 0.717) is 5.56 Å². The van der Waals surface area contributed by atoms with Crippen LogP contribution >= 0.6 is 0 Å². The quantitative estimate of drug-likeness (QED) is 0.762. The minimum absolute atomic E-state index is 0.124. The van der Waals surface area contributed by atoms with Gasteiger partial charge in [-0.3, -0.25) is 0 Å². The normalized spacial score (nSPS) is 13.0. The number of aliphatic hydroxyl groups is 1. The lowest BCUT2D eigenvalue weighted by atomic mass is 9.96. The van der Waals surface area contributed by atoms with Crippen molar-refractivity contribution in [1.29, 1.82) is 0 Å². The molecule has 0 fully saturated rings. The maximum absolute atomic E-state index is 12.7. The van der Waals surface area contributed by atoms with E-state index in [1.807, 2.05) is 25.1 Å². The Morgan fingerprint density at radius 2 is 1.76 bits per heavy atom. The lowest BCUT2D eigenvalue weighted by molar-refractivity contribution is -0.137. The summed E-state index contributed by atoms with van der Waals surface area (Å²) in [6.45, 7) is 1.90. The third-order valence-electron chi connectivity index (χ3n) is 3.97. The lowest BCUT2D eigenvalue weighted by Gasteiger charge is -2.12. The molecule has 130 valence electrons. The van der Waals surface area contributed by atoms with Crippen LogP contribution in [0.15, 0.2) is 53.3 Å². The molecule has 0 radical (unpaired) electrons. The first-order valence-corrected chi connectivity index (χ1v) is 7.56. The molecule has 0 aliphatic carbocycles. The maximum atomic E-state index is 12.7. The van der Waals surface area contributed by atoms with Crippen LogP contribution in [0.25, 0.3) is 11.1 Å². The van der Waals surface area contributed by atoms with E-state index in [9.17, 15) is 18.3 Å². The Labute approximate surface area is 141 Å². The largest absolute Gasteiger partial charge is 0.425 e. The third-order valence-corrected chi connectivity index (χ3v) is 3.97. The Morgan fingerprint density at radius 3 is 2.36 bits per heavy atom. The molecule has 1 heterocycles. The molecular formula is C18H15F3N2O2. The van der Waals surface area contributed by atoms with E-state index in [0.717, 1.165) is 35.2 Å². The molecule has 0 saturated carbocycles. The Hall–Kier alpha value is -2.67. The predicted octanol–water partition coefficient (Wildman–Crippen LogP) is 4.34. The molecule has 0 amide bonds. The molecule has 0 saturated heterocycles. The number of benzene rings is 2. The Balaban J connectivity index is 1.86. The number of halogens is 3. The number of rotatable bonds is 4. The summed E-state index contributed by atoms with van der Waals surface area (Å²) in [7, 11) is 0. The molecule has 1 atom stereocenters. The molecule has 0 bridgehead atoms. The van der Waals surface area contributed by atoms with Gasteiger partial charge in [0.05, 0.1) is 5.56 Å². The molecule has 0 spiro atoms. The fourth-order valence-corrected chi connectivity index (χ4v) is 2.55. The van der Waals surface area contributed by atoms with Crippen LogP contribution in [-0.2, 0) is 12.6 Å². The van der Waals surface area contributed by atoms with E-state index in [4.69, 9.17) is 4.42 Å². The number of hydrogen-bond donors (Lipinski definition) is 1. The highest BCUT2D eigenvalue weighted by molar-refractivity contribution is 5.65. The van der Waals surface area contributed by atoms with E-state index in [1.54, 1.807) is 0 Å². The van der Waals surface area contributed by atoms with Crippen molar-refractivity contribution >= 4 is 0 Å². The average Bonchev–Trinajstić information content (AvgIpc) is 3.11. The van der Waals surface area contributed by atoms with E-state index in [1.165, 1.54) is 12.1 Å². The van der Waals surface area contributed by atoms with Gasteiger partial charge in [-0.1, -0.05) is 30.3 Å². The Kier molecular flexibility index (Phi) is 4.59. The summed E-state index contributed by atoms with van der Waals surface area (Å²) in [6.07, 6.45) is -3.89. The van der Waals surface area contributed by atoms with Gasteiger partial charge < -0.3 is 9.52 Å². The number of aryl methyl sites for hydroxylation is 1. The van der Waals surface area contributed by atoms with Crippen molar-refractivity contribution < 1.29 is 22.7 Å². The summed E-state index contributed by atoms with van der Waals surface area (Å²) in [5.41, 5.74) is 2.56. The minimum atomic E-state index is -4.36. The highest BCUT2D eigenvalue weighted by atomic mass is 19.4. The van der Waals surface area contributed by atoms with Gasteiger partial charge in [-0.15, -0.1) is 10.2 Å². The van der Waals surface area contributed by atoms with E-state index < -0.39 is 17.8 Å². The predicted molar refractivity (Wildman–Crippen MR) is 84.6 cm³/mol. The highest BCUT2D eigenvalue weighted by Crippen LogP contribution is 2.31. The molecule has 3 aromatic rings. The van der Waals surface area contributed by atoms with Crippen molar-refractivity contribution in [3.8, 4) is 11.1 Å². The number of aromatic nitrogens is 2. The zero-order valence-corrected chi connectivity index (χ0v) is 13.3. The second-order valence-corrected chi connectivity index (χ2v) is 5.71. The molecule has 2 aromatic carbocycles. The molecule has 0 aliphatic rings. The van der Waals surface area contributed by atoms with Crippen molar-refractivity contribution in [1.82, 2.24) is 10.2 Å². The van der Waals surface area contributed by atoms with Gasteiger partial charge in [0.1, 0.15) is 6.10 Å². The van der Waals surface area contributed by atoms with Crippen molar-refractivity contribution in [3.05, 3.63) is 71.4 Å². The van der Waals surface area contributed by atoms with Crippen LogP contribution in [-0.4, -0.2) is 15.3 Å². The minimum Gasteiger partial charge on any atom is -0.425 e. The van der Waals surface area contributed by atoms with Gasteiger partial charge in [0.25, 0.3) is 0 Å². The van der Waals surface area contributed by atoms with Gasteiger partial charge in [-0.05, 0) is 41.3 Å². The van der Waals surface area contributed by atoms with Crippen LogP contribution in [0.5, 0.6) is 0 Å². The van der Waals surface area contributed by atoms with Crippen LogP contribution in [0.2, 0.25) is 0 Å². The topological polar surface area (TPSA) is 59.2 Å². The van der Waals surface area contributed by atoms with Crippen molar-refractivity contribution in [2.45, 2.75) is 25.6 Å². The van der Waals surface area contributed by atoms with Gasteiger partial charge in [0.15, 0.2) is 0 Å². The van der Waals surface area contributed by atoms with Crippen molar-refractivity contribution in [3.63, 3.8) is 0 Å². The second kappa shape index (κ2) is 6.68. The Bertz CT molecular complexity index is 844. The zero-order chi connectivity index (χ0) is 18.0. The van der Waals surface area contributed by atoms with Crippen LogP contribution in [0, 0.1) is 6.92 Å². The monoisotopic (exact) mass is 348 g/mol. The number of hydrogen-bond acceptors (Lipinski definition) is 4. The first-order chi connectivity index (χ1) is 11.8. The standard InChI is InChI=1S/C18H15F3N2O2/c1-11-2-3-13(12-4-6-15(7-5-12)18(19,20)21)8-14(11)9-16(24)17-23-22-10-25-17/h2-8,10,16,24H,9H2,1H3. The smallest absolute Gasteiger partial charge is 0.416 e. The first kappa shape index (κ1) is 17.2. The SMILES string of the molecule is Cc1ccc(-c2ccc(C(F)(F)F)cc2)cc1CC(O)c1nnco1. The van der Waals surface area contributed by atoms with Gasteiger partial charge >= 0.3 is 6.18 Å². The highest BCUT2D eigenvalue weighted by Gasteiger charge is 2.30. The summed E-state index contributed by atoms with van der Waals surface area (Å²) >= 11 is 0. The molecular weight excluding hydrogens is 333 g/mol. The van der Waals surface area contributed by atoms with Crippen LogP contribution in [0.3, 0.4) is 0 Å². The van der Waals surface area contributed by atoms with Gasteiger partial charge in [-0.25, -0.2) is 0 Å².